The molecule has 0 atom stereocenters. The van der Waals surface area contributed by atoms with Crippen molar-refractivity contribution >= 4 is 35.5 Å². The molecule has 0 aromatic heterocycles. The number of carbonyl (C=O) groups is 3. The number of nitrogens with zero attached hydrogens (tertiary/aromatic N) is 1. The zero-order valence-corrected chi connectivity index (χ0v) is 11.1. The van der Waals surface area contributed by atoms with Gasteiger partial charge in [0.25, 0.3) is 0 Å². The van der Waals surface area contributed by atoms with Crippen LogP contribution in [0, 0.1) is 0 Å². The quantitative estimate of drug-likeness (QED) is 0.773. The Morgan fingerprint density at radius 3 is 2.00 bits per heavy atom. The second-order valence-corrected chi connectivity index (χ2v) is 4.30. The van der Waals surface area contributed by atoms with Gasteiger partial charge in [0.2, 0.25) is 5.91 Å². The Morgan fingerprint density at radius 1 is 1.05 bits per heavy atom. The molecule has 0 bridgehead atoms. The highest BCUT2D eigenvalue weighted by Gasteiger charge is 2.17. The van der Waals surface area contributed by atoms with Gasteiger partial charge in [0, 0.05) is 11.1 Å². The Bertz CT molecular complexity index is 522. The van der Waals surface area contributed by atoms with Crippen molar-refractivity contribution in [2.45, 2.75) is 0 Å². The summed E-state index contributed by atoms with van der Waals surface area (Å²) in [5.74, 6) is -3.25. The van der Waals surface area contributed by atoms with Crippen LogP contribution in [0.4, 0.5) is 0 Å². The molecule has 0 aliphatic rings. The maximum Gasteiger partial charge on any atom is 0.323 e. The van der Waals surface area contributed by atoms with E-state index < -0.39 is 30.9 Å². The van der Waals surface area contributed by atoms with E-state index in [9.17, 15) is 14.4 Å². The van der Waals surface area contributed by atoms with Crippen molar-refractivity contribution in [2.75, 3.05) is 13.1 Å². The molecule has 0 heterocycles. The monoisotopic (exact) mass is 297 g/mol. The smallest absolute Gasteiger partial charge is 0.323 e. The number of aliphatic carboxylic acids is 2. The zero-order valence-electron chi connectivity index (χ0n) is 10.3. The van der Waals surface area contributed by atoms with Crippen molar-refractivity contribution in [1.29, 1.82) is 0 Å². The lowest BCUT2D eigenvalue weighted by atomic mass is 10.2. The molecular formula is C13H12ClNO5. The number of halogens is 1. The van der Waals surface area contributed by atoms with Gasteiger partial charge >= 0.3 is 11.9 Å². The van der Waals surface area contributed by atoms with Crippen LogP contribution in [0.2, 0.25) is 5.02 Å². The molecule has 1 aromatic carbocycles. The first-order chi connectivity index (χ1) is 9.38. The molecule has 1 aromatic rings. The van der Waals surface area contributed by atoms with Gasteiger partial charge in [-0.2, -0.15) is 0 Å². The van der Waals surface area contributed by atoms with Crippen LogP contribution in [0.3, 0.4) is 0 Å². The van der Waals surface area contributed by atoms with Gasteiger partial charge < -0.3 is 15.1 Å². The van der Waals surface area contributed by atoms with E-state index in [1.165, 1.54) is 6.08 Å². The van der Waals surface area contributed by atoms with Crippen molar-refractivity contribution in [1.82, 2.24) is 4.90 Å². The van der Waals surface area contributed by atoms with Crippen molar-refractivity contribution in [3.8, 4) is 0 Å². The third kappa shape index (κ3) is 5.53. The maximum atomic E-state index is 11.7. The number of carboxylic acids is 2. The Balaban J connectivity index is 2.76. The summed E-state index contributed by atoms with van der Waals surface area (Å²) in [5.41, 5.74) is 0.688. The number of rotatable bonds is 6. The third-order valence-electron chi connectivity index (χ3n) is 2.25. The molecule has 20 heavy (non-hydrogen) atoms. The van der Waals surface area contributed by atoms with Crippen LogP contribution in [-0.2, 0) is 14.4 Å². The van der Waals surface area contributed by atoms with Crippen molar-refractivity contribution < 1.29 is 24.6 Å². The van der Waals surface area contributed by atoms with Gasteiger partial charge in [-0.05, 0) is 23.8 Å². The number of hydrogen-bond acceptors (Lipinski definition) is 3. The molecule has 0 radical (unpaired) electrons. The lowest BCUT2D eigenvalue weighted by Crippen LogP contribution is -2.38. The fourth-order valence-electron chi connectivity index (χ4n) is 1.39. The van der Waals surface area contributed by atoms with Gasteiger partial charge in [-0.25, -0.2) is 0 Å². The van der Waals surface area contributed by atoms with E-state index in [1.54, 1.807) is 24.3 Å². The molecule has 0 unspecified atom stereocenters. The summed E-state index contributed by atoms with van der Waals surface area (Å²) in [6.45, 7) is -1.34. The molecule has 1 rings (SSSR count). The first-order valence-corrected chi connectivity index (χ1v) is 5.92. The molecule has 0 aliphatic carbocycles. The normalized spacial score (nSPS) is 10.4. The molecule has 2 N–H and O–H groups in total. The second-order valence-electron chi connectivity index (χ2n) is 3.87. The van der Waals surface area contributed by atoms with Gasteiger partial charge in [-0.3, -0.25) is 14.4 Å². The summed E-state index contributed by atoms with van der Waals surface area (Å²) < 4.78 is 0. The van der Waals surface area contributed by atoms with E-state index >= 15 is 0 Å². The van der Waals surface area contributed by atoms with Gasteiger partial charge in [-0.1, -0.05) is 23.7 Å². The first kappa shape index (κ1) is 15.7. The van der Waals surface area contributed by atoms with Gasteiger partial charge in [0.15, 0.2) is 0 Å². The van der Waals surface area contributed by atoms with Crippen LogP contribution >= 0.6 is 11.6 Å². The number of amides is 1. The van der Waals surface area contributed by atoms with E-state index in [-0.39, 0.29) is 0 Å². The molecule has 6 nitrogen and oxygen atoms in total. The predicted molar refractivity (Wildman–Crippen MR) is 72.3 cm³/mol. The van der Waals surface area contributed by atoms with E-state index in [1.807, 2.05) is 0 Å². The molecule has 0 aliphatic heterocycles. The Labute approximate surface area is 119 Å². The lowest BCUT2D eigenvalue weighted by molar-refractivity contribution is -0.147. The standard InChI is InChI=1S/C13H12ClNO5/c14-10-4-1-9(2-5-10)3-6-11(16)15(7-12(17)18)8-13(19)20/h1-6H,7-8H2,(H,17,18)(H,19,20). The Morgan fingerprint density at radius 2 is 1.55 bits per heavy atom. The maximum absolute atomic E-state index is 11.7. The van der Waals surface area contributed by atoms with E-state index in [0.717, 1.165) is 11.0 Å². The molecule has 0 fully saturated rings. The highest BCUT2D eigenvalue weighted by molar-refractivity contribution is 6.30. The first-order valence-electron chi connectivity index (χ1n) is 5.54. The minimum Gasteiger partial charge on any atom is -0.480 e. The largest absolute Gasteiger partial charge is 0.480 e. The molecule has 0 saturated heterocycles. The number of carbonyl (C=O) groups excluding carboxylic acids is 1. The highest BCUT2D eigenvalue weighted by atomic mass is 35.5. The Hall–Kier alpha value is -2.34. The summed E-state index contributed by atoms with van der Waals surface area (Å²) in [6.07, 6.45) is 2.57. The minimum atomic E-state index is -1.28. The van der Waals surface area contributed by atoms with Crippen LogP contribution in [0.15, 0.2) is 30.3 Å². The summed E-state index contributed by atoms with van der Waals surface area (Å²) in [5, 5.41) is 17.8. The van der Waals surface area contributed by atoms with Gasteiger partial charge in [0.05, 0.1) is 0 Å². The zero-order chi connectivity index (χ0) is 15.1. The van der Waals surface area contributed by atoms with Crippen molar-refractivity contribution in [3.63, 3.8) is 0 Å². The Kier molecular flexibility index (Phi) is 5.74. The van der Waals surface area contributed by atoms with Gasteiger partial charge in [-0.15, -0.1) is 0 Å². The van der Waals surface area contributed by atoms with E-state index in [0.29, 0.717) is 10.6 Å². The summed E-state index contributed by atoms with van der Waals surface area (Å²) in [6, 6.07) is 6.62. The average Bonchev–Trinajstić information content (AvgIpc) is 2.36. The van der Waals surface area contributed by atoms with Gasteiger partial charge in [0.1, 0.15) is 13.1 Å². The molecule has 7 heteroatoms. The third-order valence-corrected chi connectivity index (χ3v) is 2.50. The molecule has 1 amide bonds. The summed E-state index contributed by atoms with van der Waals surface area (Å²) in [7, 11) is 0. The van der Waals surface area contributed by atoms with Crippen molar-refractivity contribution in [2.24, 2.45) is 0 Å². The fourth-order valence-corrected chi connectivity index (χ4v) is 1.51. The predicted octanol–water partition coefficient (Wildman–Crippen LogP) is 1.35. The van der Waals surface area contributed by atoms with E-state index in [4.69, 9.17) is 21.8 Å². The van der Waals surface area contributed by atoms with Crippen LogP contribution in [0.1, 0.15) is 5.56 Å². The molecule has 106 valence electrons. The highest BCUT2D eigenvalue weighted by Crippen LogP contribution is 2.10. The van der Waals surface area contributed by atoms with Crippen LogP contribution < -0.4 is 0 Å². The van der Waals surface area contributed by atoms with E-state index in [2.05, 4.69) is 0 Å². The number of benzene rings is 1. The number of carboxylic acid groups (broad SMARTS) is 2. The summed E-state index contributed by atoms with van der Waals surface area (Å²) in [4.78, 5) is 33.6. The minimum absolute atomic E-state index is 0.548. The molecule has 0 spiro atoms. The van der Waals surface area contributed by atoms with Crippen LogP contribution in [0.25, 0.3) is 6.08 Å². The SMILES string of the molecule is O=C(O)CN(CC(=O)O)C(=O)C=Cc1ccc(Cl)cc1. The topological polar surface area (TPSA) is 94.9 Å². The van der Waals surface area contributed by atoms with Crippen molar-refractivity contribution in [3.05, 3.63) is 40.9 Å². The average molecular weight is 298 g/mol. The fraction of sp³-hybridized carbons (Fsp3) is 0.154. The summed E-state index contributed by atoms with van der Waals surface area (Å²) >= 11 is 5.71. The molecule has 0 saturated carbocycles. The molecular weight excluding hydrogens is 286 g/mol. The van der Waals surface area contributed by atoms with Crippen LogP contribution in [-0.4, -0.2) is 46.0 Å². The number of hydrogen-bond donors (Lipinski definition) is 2. The second kappa shape index (κ2) is 7.30. The lowest BCUT2D eigenvalue weighted by Gasteiger charge is -2.16. The van der Waals surface area contributed by atoms with Crippen LogP contribution in [0.5, 0.6) is 0 Å².